The van der Waals surface area contributed by atoms with Crippen LogP contribution in [0.5, 0.6) is 0 Å². The molecule has 0 aromatic heterocycles. The highest BCUT2D eigenvalue weighted by Crippen LogP contribution is 2.68. The molecule has 0 saturated heterocycles. The Bertz CT molecular complexity index is 1210. The van der Waals surface area contributed by atoms with Gasteiger partial charge in [0, 0.05) is 27.2 Å². The molecule has 0 heterocycles. The van der Waals surface area contributed by atoms with E-state index < -0.39 is 0 Å². The fourth-order valence-corrected chi connectivity index (χ4v) is 15.9. The molecule has 0 atom stereocenters. The SMILES string of the molecule is C=C(C)C(=O)OC1(C)C2(CCCC2)CCCC12CCCC2.CC1(O)C2(CCCC2)CCCC12CCCC2.O=C1C2(CCCC2)CCCC12CCCC2. The van der Waals surface area contributed by atoms with Crippen LogP contribution in [0.4, 0.5) is 0 Å². The minimum absolute atomic E-state index is 0.169. The molecule has 0 amide bonds. The standard InChI is InChI=1S/C19H30O2.C15H26O.C14H22O/c1-15(2)16(20)21-17(3)18(9-4-5-10-18)13-8-14-19(17)11-6-7-12-19;1-13(16)14(7-2-3-8-14)11-6-12-15(13)9-4-5-10-15;15-12-13(6-1-2-7-13)10-5-11-14(12)8-3-4-9-14/h1,4-14H2,2-3H3;16H,2-12H2,1H3;1-11H2. The van der Waals surface area contributed by atoms with Crippen LogP contribution in [0.3, 0.4) is 0 Å². The Hall–Kier alpha value is -1.16. The van der Waals surface area contributed by atoms with E-state index in [1.165, 1.54) is 212 Å². The largest absolute Gasteiger partial charge is 0.455 e. The maximum atomic E-state index is 12.8. The van der Waals surface area contributed by atoms with Gasteiger partial charge in [-0.3, -0.25) is 4.79 Å². The first kappa shape index (κ1) is 39.1. The Labute approximate surface area is 318 Å². The van der Waals surface area contributed by atoms with Gasteiger partial charge in [0.05, 0.1) is 5.60 Å². The van der Waals surface area contributed by atoms with Gasteiger partial charge in [0.25, 0.3) is 0 Å². The predicted molar refractivity (Wildman–Crippen MR) is 212 cm³/mol. The molecule has 294 valence electrons. The molecular weight excluding hydrogens is 641 g/mol. The monoisotopic (exact) mass is 719 g/mol. The van der Waals surface area contributed by atoms with Crippen molar-refractivity contribution in [2.24, 2.45) is 32.5 Å². The number of ketones is 1. The topological polar surface area (TPSA) is 63.6 Å². The minimum atomic E-state index is -0.370. The molecule has 0 unspecified atom stereocenters. The van der Waals surface area contributed by atoms with Gasteiger partial charge in [-0.25, -0.2) is 4.79 Å². The number of carbonyl (C=O) groups is 2. The first-order valence-electron chi connectivity index (χ1n) is 23.0. The molecular formula is C48H78O4. The summed E-state index contributed by atoms with van der Waals surface area (Å²) in [5.41, 5.74) is 1.31. The highest BCUT2D eigenvalue weighted by Gasteiger charge is 2.65. The Morgan fingerprint density at radius 3 is 1.08 bits per heavy atom. The average molecular weight is 719 g/mol. The van der Waals surface area contributed by atoms with Gasteiger partial charge in [-0.1, -0.05) is 103 Å². The second-order valence-electron chi connectivity index (χ2n) is 21.1. The van der Waals surface area contributed by atoms with Crippen LogP contribution in [0.15, 0.2) is 12.2 Å². The van der Waals surface area contributed by atoms with Gasteiger partial charge in [0.1, 0.15) is 11.4 Å². The highest BCUT2D eigenvalue weighted by atomic mass is 16.6. The van der Waals surface area contributed by atoms with Gasteiger partial charge in [-0.15, -0.1) is 0 Å². The van der Waals surface area contributed by atoms with Crippen LogP contribution in [0.1, 0.15) is 233 Å². The molecule has 4 nitrogen and oxygen atoms in total. The first-order valence-corrected chi connectivity index (χ1v) is 23.0. The zero-order valence-corrected chi connectivity index (χ0v) is 34.2. The molecule has 9 saturated carbocycles. The number of hydrogen-bond acceptors (Lipinski definition) is 4. The number of ether oxygens (including phenoxy) is 1. The maximum absolute atomic E-state index is 12.8. The summed E-state index contributed by atoms with van der Waals surface area (Å²) < 4.78 is 6.28. The van der Waals surface area contributed by atoms with Crippen molar-refractivity contribution in [3.05, 3.63) is 12.2 Å². The van der Waals surface area contributed by atoms with Gasteiger partial charge < -0.3 is 9.84 Å². The number of carbonyl (C=O) groups excluding carboxylic acids is 2. The summed E-state index contributed by atoms with van der Waals surface area (Å²) in [6.45, 7) is 10.1. The lowest BCUT2D eigenvalue weighted by Crippen LogP contribution is -2.61. The molecule has 0 aliphatic heterocycles. The second kappa shape index (κ2) is 14.7. The van der Waals surface area contributed by atoms with E-state index in [1.54, 1.807) is 6.92 Å². The smallest absolute Gasteiger partial charge is 0.333 e. The second-order valence-corrected chi connectivity index (χ2v) is 21.1. The van der Waals surface area contributed by atoms with E-state index in [0.717, 1.165) is 0 Å². The Kier molecular flexibility index (Phi) is 11.1. The molecule has 0 aromatic rings. The summed E-state index contributed by atoms with van der Waals surface area (Å²) >= 11 is 0. The average Bonchev–Trinajstić information content (AvgIpc) is 3.97. The number of hydrogen-bond donors (Lipinski definition) is 1. The van der Waals surface area contributed by atoms with Crippen LogP contribution in [0, 0.1) is 32.5 Å². The van der Waals surface area contributed by atoms with Crippen LogP contribution in [0.2, 0.25) is 0 Å². The van der Waals surface area contributed by atoms with Crippen molar-refractivity contribution < 1.29 is 19.4 Å². The van der Waals surface area contributed by atoms with Crippen molar-refractivity contribution in [3.8, 4) is 0 Å². The van der Waals surface area contributed by atoms with Crippen LogP contribution in [0.25, 0.3) is 0 Å². The van der Waals surface area contributed by atoms with Gasteiger partial charge in [0.2, 0.25) is 0 Å². The summed E-state index contributed by atoms with van der Waals surface area (Å²) in [7, 11) is 0. The van der Waals surface area contributed by atoms with Crippen LogP contribution in [-0.2, 0) is 14.3 Å². The highest BCUT2D eigenvalue weighted by molar-refractivity contribution is 5.91. The van der Waals surface area contributed by atoms with Crippen molar-refractivity contribution in [2.75, 3.05) is 0 Å². The summed E-state index contributed by atoms with van der Waals surface area (Å²) in [4.78, 5) is 25.1. The molecule has 0 bridgehead atoms. The Morgan fingerprint density at radius 1 is 0.481 bits per heavy atom. The van der Waals surface area contributed by atoms with Crippen molar-refractivity contribution in [3.63, 3.8) is 0 Å². The molecule has 9 aliphatic rings. The van der Waals surface area contributed by atoms with E-state index in [2.05, 4.69) is 20.4 Å². The fourth-order valence-electron chi connectivity index (χ4n) is 15.9. The van der Waals surface area contributed by atoms with Crippen LogP contribution >= 0.6 is 0 Å². The van der Waals surface area contributed by atoms with E-state index in [1.807, 2.05) is 0 Å². The third-order valence-electron chi connectivity index (χ3n) is 19.0. The van der Waals surface area contributed by atoms with Gasteiger partial charge in [-0.05, 0) is 147 Å². The summed E-state index contributed by atoms with van der Waals surface area (Å²) in [5, 5.41) is 11.3. The number of Topliss-reactive ketones (excluding diaryl/α,β-unsaturated/α-hetero) is 1. The van der Waals surface area contributed by atoms with E-state index in [-0.39, 0.29) is 38.8 Å². The Balaban J connectivity index is 0.000000123. The fraction of sp³-hybridized carbons (Fsp3) is 0.917. The lowest BCUT2D eigenvalue weighted by molar-refractivity contribution is -0.218. The molecule has 0 aromatic carbocycles. The van der Waals surface area contributed by atoms with E-state index in [0.29, 0.717) is 22.2 Å². The maximum Gasteiger partial charge on any atom is 0.333 e. The van der Waals surface area contributed by atoms with Crippen molar-refractivity contribution in [1.29, 1.82) is 0 Å². The zero-order valence-electron chi connectivity index (χ0n) is 34.2. The third kappa shape index (κ3) is 6.24. The molecule has 9 aliphatic carbocycles. The molecule has 6 spiro atoms. The summed E-state index contributed by atoms with van der Waals surface area (Å²) in [6, 6.07) is 0. The summed E-state index contributed by atoms with van der Waals surface area (Å²) in [5.74, 6) is 0.535. The normalized spacial score (nSPS) is 31.9. The number of rotatable bonds is 2. The minimum Gasteiger partial charge on any atom is -0.455 e. The molecule has 9 rings (SSSR count). The Morgan fingerprint density at radius 2 is 0.731 bits per heavy atom. The lowest BCUT2D eigenvalue weighted by atomic mass is 9.50. The van der Waals surface area contributed by atoms with Crippen molar-refractivity contribution in [2.45, 2.75) is 244 Å². The van der Waals surface area contributed by atoms with E-state index in [9.17, 15) is 14.7 Å². The summed E-state index contributed by atoms with van der Waals surface area (Å²) in [6.07, 6.45) is 42.4. The van der Waals surface area contributed by atoms with Crippen molar-refractivity contribution >= 4 is 11.8 Å². The molecule has 4 heteroatoms. The quantitative estimate of drug-likeness (QED) is 0.228. The molecule has 9 fully saturated rings. The molecule has 0 radical (unpaired) electrons. The van der Waals surface area contributed by atoms with Crippen LogP contribution in [-0.4, -0.2) is 28.1 Å². The van der Waals surface area contributed by atoms with E-state index in [4.69, 9.17) is 4.74 Å². The zero-order chi connectivity index (χ0) is 36.8. The number of aliphatic hydroxyl groups is 1. The van der Waals surface area contributed by atoms with E-state index >= 15 is 0 Å². The predicted octanol–water partition coefficient (Wildman–Crippen LogP) is 13.1. The lowest BCUT2D eigenvalue weighted by Gasteiger charge is -2.59. The first-order chi connectivity index (χ1) is 24.8. The van der Waals surface area contributed by atoms with Crippen molar-refractivity contribution in [1.82, 2.24) is 0 Å². The molecule has 1 N–H and O–H groups in total. The third-order valence-corrected chi connectivity index (χ3v) is 19.0. The van der Waals surface area contributed by atoms with Gasteiger partial charge in [-0.2, -0.15) is 0 Å². The number of esters is 1. The van der Waals surface area contributed by atoms with Crippen LogP contribution < -0.4 is 0 Å². The molecule has 52 heavy (non-hydrogen) atoms. The van der Waals surface area contributed by atoms with Gasteiger partial charge in [0.15, 0.2) is 0 Å². The van der Waals surface area contributed by atoms with Gasteiger partial charge >= 0.3 is 5.97 Å².